The molecule has 2 heterocycles. The molecule has 2 N–H and O–H groups in total. The molecule has 19 heavy (non-hydrogen) atoms. The van der Waals surface area contributed by atoms with Gasteiger partial charge in [-0.3, -0.25) is 9.20 Å². The van der Waals surface area contributed by atoms with Gasteiger partial charge in [0.15, 0.2) is 4.96 Å². The van der Waals surface area contributed by atoms with E-state index in [2.05, 4.69) is 4.98 Å². The largest absolute Gasteiger partial charge is 0.338 e. The van der Waals surface area contributed by atoms with Crippen molar-refractivity contribution in [2.75, 3.05) is 19.6 Å². The summed E-state index contributed by atoms with van der Waals surface area (Å²) in [7, 11) is 0. The van der Waals surface area contributed by atoms with Crippen LogP contribution < -0.4 is 5.73 Å². The first-order valence-electron chi connectivity index (χ1n) is 6.58. The van der Waals surface area contributed by atoms with Gasteiger partial charge < -0.3 is 10.6 Å². The van der Waals surface area contributed by atoms with Gasteiger partial charge in [-0.25, -0.2) is 4.98 Å². The number of fused-ring (bicyclic) bond motifs is 1. The molecule has 2 aromatic rings. The van der Waals surface area contributed by atoms with Crippen LogP contribution in [0.25, 0.3) is 4.96 Å². The molecule has 0 spiro atoms. The number of carbonyl (C=O) groups excluding carboxylic acids is 1. The Kier molecular flexibility index (Phi) is 4.21. The molecule has 5 nitrogen and oxygen atoms in total. The minimum absolute atomic E-state index is 0.0478. The molecule has 0 aromatic carbocycles. The van der Waals surface area contributed by atoms with E-state index >= 15 is 0 Å². The highest BCUT2D eigenvalue weighted by Crippen LogP contribution is 2.22. The van der Waals surface area contributed by atoms with Gasteiger partial charge >= 0.3 is 0 Å². The van der Waals surface area contributed by atoms with E-state index in [0.29, 0.717) is 25.3 Å². The highest BCUT2D eigenvalue weighted by atomic mass is 32.1. The van der Waals surface area contributed by atoms with E-state index in [9.17, 15) is 4.79 Å². The predicted octanol–water partition coefficient (Wildman–Crippen LogP) is 1.69. The van der Waals surface area contributed by atoms with Gasteiger partial charge in [-0.1, -0.05) is 0 Å². The third kappa shape index (κ3) is 2.37. The quantitative estimate of drug-likeness (QED) is 0.906. The van der Waals surface area contributed by atoms with Crippen LogP contribution in [0.15, 0.2) is 5.38 Å². The zero-order valence-electron chi connectivity index (χ0n) is 11.6. The van der Waals surface area contributed by atoms with E-state index in [4.69, 9.17) is 5.73 Å². The average molecular weight is 280 g/mol. The van der Waals surface area contributed by atoms with Crippen molar-refractivity contribution in [1.82, 2.24) is 14.3 Å². The van der Waals surface area contributed by atoms with Crippen molar-refractivity contribution < 1.29 is 4.79 Å². The monoisotopic (exact) mass is 280 g/mol. The fourth-order valence-corrected chi connectivity index (χ4v) is 3.22. The average Bonchev–Trinajstić information content (AvgIpc) is 2.90. The van der Waals surface area contributed by atoms with Gasteiger partial charge in [0, 0.05) is 30.6 Å². The second kappa shape index (κ2) is 5.71. The topological polar surface area (TPSA) is 63.6 Å². The molecule has 2 aromatic heterocycles. The highest BCUT2D eigenvalue weighted by molar-refractivity contribution is 7.15. The molecule has 0 aliphatic heterocycles. The van der Waals surface area contributed by atoms with Gasteiger partial charge in [0.2, 0.25) is 0 Å². The Balaban J connectivity index is 2.54. The van der Waals surface area contributed by atoms with Gasteiger partial charge in [0.1, 0.15) is 5.69 Å². The maximum absolute atomic E-state index is 12.6. The second-order valence-corrected chi connectivity index (χ2v) is 5.24. The van der Waals surface area contributed by atoms with E-state index < -0.39 is 0 Å². The molecule has 0 aliphatic carbocycles. The summed E-state index contributed by atoms with van der Waals surface area (Å²) in [6.07, 6.45) is 0.758. The summed E-state index contributed by atoms with van der Waals surface area (Å²) in [5.41, 5.74) is 8.18. The Morgan fingerprint density at radius 2 is 2.16 bits per heavy atom. The van der Waals surface area contributed by atoms with Crippen LogP contribution in [0, 0.1) is 6.92 Å². The summed E-state index contributed by atoms with van der Waals surface area (Å²) in [6, 6.07) is 0. The number of carbonyl (C=O) groups is 1. The molecule has 0 radical (unpaired) electrons. The molecular weight excluding hydrogens is 260 g/mol. The maximum atomic E-state index is 12.6. The molecule has 104 valence electrons. The number of aromatic nitrogens is 2. The highest BCUT2D eigenvalue weighted by Gasteiger charge is 2.23. The molecule has 6 heteroatoms. The fraction of sp³-hybridized carbons (Fsp3) is 0.538. The summed E-state index contributed by atoms with van der Waals surface area (Å²) in [5.74, 6) is 0.0478. The van der Waals surface area contributed by atoms with E-state index in [0.717, 1.165) is 22.8 Å². The number of rotatable bonds is 5. The second-order valence-electron chi connectivity index (χ2n) is 4.41. The molecule has 1 amide bonds. The molecule has 0 aliphatic rings. The first-order valence-corrected chi connectivity index (χ1v) is 7.46. The van der Waals surface area contributed by atoms with Crippen molar-refractivity contribution in [1.29, 1.82) is 0 Å². The maximum Gasteiger partial charge on any atom is 0.272 e. The molecule has 2 rings (SSSR count). The van der Waals surface area contributed by atoms with Crippen LogP contribution >= 0.6 is 11.3 Å². The Morgan fingerprint density at radius 3 is 2.74 bits per heavy atom. The zero-order chi connectivity index (χ0) is 14.0. The van der Waals surface area contributed by atoms with Crippen LogP contribution in [-0.2, 0) is 6.42 Å². The molecule has 0 unspecified atom stereocenters. The zero-order valence-corrected chi connectivity index (χ0v) is 12.5. The lowest BCUT2D eigenvalue weighted by atomic mass is 10.2. The number of imidazole rings is 1. The van der Waals surface area contributed by atoms with Crippen LogP contribution in [0.2, 0.25) is 0 Å². The summed E-state index contributed by atoms with van der Waals surface area (Å²) < 4.78 is 1.97. The van der Waals surface area contributed by atoms with Gasteiger partial charge in [-0.05, 0) is 27.3 Å². The lowest BCUT2D eigenvalue weighted by Crippen LogP contribution is -2.32. The Morgan fingerprint density at radius 1 is 1.47 bits per heavy atom. The van der Waals surface area contributed by atoms with E-state index in [1.54, 1.807) is 11.3 Å². The standard InChI is InChI=1S/C13H20N4OS/c1-4-16(5-2)12(18)11-9(3)15-13-17(11)10(6-7-14)8-19-13/h8H,4-7,14H2,1-3H3. The van der Waals surface area contributed by atoms with Crippen LogP contribution in [0.4, 0.5) is 0 Å². The number of thiazole rings is 1. The lowest BCUT2D eigenvalue weighted by molar-refractivity contribution is 0.0765. The van der Waals surface area contributed by atoms with Crippen LogP contribution in [0.3, 0.4) is 0 Å². The van der Waals surface area contributed by atoms with Crippen molar-refractivity contribution in [3.8, 4) is 0 Å². The molecular formula is C13H20N4OS. The van der Waals surface area contributed by atoms with E-state index in [1.807, 2.05) is 35.5 Å². The van der Waals surface area contributed by atoms with Crippen LogP contribution in [-0.4, -0.2) is 39.8 Å². The van der Waals surface area contributed by atoms with Crippen LogP contribution in [0.1, 0.15) is 35.7 Å². The molecule has 0 atom stereocenters. The summed E-state index contributed by atoms with van der Waals surface area (Å²) in [5, 5.41) is 2.04. The van der Waals surface area contributed by atoms with Crippen molar-refractivity contribution in [3.05, 3.63) is 22.5 Å². The predicted molar refractivity (Wildman–Crippen MR) is 77.8 cm³/mol. The Hall–Kier alpha value is -1.40. The first-order chi connectivity index (χ1) is 9.13. The van der Waals surface area contributed by atoms with Gasteiger partial charge in [-0.2, -0.15) is 0 Å². The summed E-state index contributed by atoms with van der Waals surface area (Å²) in [6.45, 7) is 7.86. The summed E-state index contributed by atoms with van der Waals surface area (Å²) >= 11 is 1.56. The Labute approximate surface area is 117 Å². The van der Waals surface area contributed by atoms with E-state index in [-0.39, 0.29) is 5.91 Å². The molecule has 0 fully saturated rings. The minimum atomic E-state index is 0.0478. The normalized spacial score (nSPS) is 11.2. The van der Waals surface area contributed by atoms with Crippen molar-refractivity contribution in [2.24, 2.45) is 5.73 Å². The number of hydrogen-bond acceptors (Lipinski definition) is 4. The van der Waals surface area contributed by atoms with Gasteiger partial charge in [0.05, 0.1) is 5.69 Å². The number of amides is 1. The number of nitrogens with zero attached hydrogens (tertiary/aromatic N) is 3. The fourth-order valence-electron chi connectivity index (χ4n) is 2.25. The molecule has 0 bridgehead atoms. The van der Waals surface area contributed by atoms with Crippen molar-refractivity contribution in [3.63, 3.8) is 0 Å². The Bertz CT molecular complexity index is 583. The van der Waals surface area contributed by atoms with Gasteiger partial charge in [-0.15, -0.1) is 11.3 Å². The van der Waals surface area contributed by atoms with Crippen molar-refractivity contribution in [2.45, 2.75) is 27.2 Å². The number of nitrogens with two attached hydrogens (primary N) is 1. The molecule has 0 saturated carbocycles. The third-order valence-electron chi connectivity index (χ3n) is 3.26. The third-order valence-corrected chi connectivity index (χ3v) is 4.14. The smallest absolute Gasteiger partial charge is 0.272 e. The van der Waals surface area contributed by atoms with Crippen LogP contribution in [0.5, 0.6) is 0 Å². The minimum Gasteiger partial charge on any atom is -0.338 e. The lowest BCUT2D eigenvalue weighted by Gasteiger charge is -2.18. The number of hydrogen-bond donors (Lipinski definition) is 1. The van der Waals surface area contributed by atoms with E-state index in [1.165, 1.54) is 0 Å². The van der Waals surface area contributed by atoms with Gasteiger partial charge in [0.25, 0.3) is 5.91 Å². The first kappa shape index (κ1) is 14.0. The molecule has 0 saturated heterocycles. The van der Waals surface area contributed by atoms with Crippen molar-refractivity contribution >= 4 is 22.2 Å². The number of aryl methyl sites for hydroxylation is 1. The SMILES string of the molecule is CCN(CC)C(=O)c1c(C)nc2scc(CCN)n12. The summed E-state index contributed by atoms with van der Waals surface area (Å²) in [4.78, 5) is 19.8.